The highest BCUT2D eigenvalue weighted by Gasteiger charge is 2.40. The molecule has 0 spiro atoms. The van der Waals surface area contributed by atoms with Crippen molar-refractivity contribution >= 4 is 8.80 Å². The summed E-state index contributed by atoms with van der Waals surface area (Å²) in [5.41, 5.74) is 0. The van der Waals surface area contributed by atoms with E-state index in [1.54, 1.807) is 0 Å². The third-order valence-electron chi connectivity index (χ3n) is 2.79. The van der Waals surface area contributed by atoms with Crippen molar-refractivity contribution in [3.05, 3.63) is 0 Å². The van der Waals surface area contributed by atoms with Gasteiger partial charge in [0.1, 0.15) is 0 Å². The largest absolute Gasteiger partial charge is 0.500 e. The molecular formula is C12H29NO3Si. The van der Waals surface area contributed by atoms with Gasteiger partial charge in [0.05, 0.1) is 0 Å². The van der Waals surface area contributed by atoms with Crippen LogP contribution in [0, 0.1) is 0 Å². The molecule has 0 aliphatic heterocycles. The lowest BCUT2D eigenvalue weighted by molar-refractivity contribution is 0.0700. The van der Waals surface area contributed by atoms with E-state index >= 15 is 0 Å². The van der Waals surface area contributed by atoms with Gasteiger partial charge >= 0.3 is 8.80 Å². The third kappa shape index (κ3) is 6.52. The van der Waals surface area contributed by atoms with Crippen LogP contribution in [0.3, 0.4) is 0 Å². The zero-order valence-electron chi connectivity index (χ0n) is 12.0. The smallest absolute Gasteiger partial charge is 0.374 e. The van der Waals surface area contributed by atoms with E-state index in [0.29, 0.717) is 25.9 Å². The normalized spacial score (nSPS) is 13.9. The molecule has 0 fully saturated rings. The lowest BCUT2D eigenvalue weighted by Gasteiger charge is -2.29. The van der Waals surface area contributed by atoms with Crippen LogP contribution in [0.2, 0.25) is 6.04 Å². The summed E-state index contributed by atoms with van der Waals surface area (Å²) in [7, 11) is -0.431. The molecule has 0 aromatic rings. The zero-order valence-corrected chi connectivity index (χ0v) is 13.0. The Balaban J connectivity index is 4.41. The minimum atomic E-state index is -2.43. The van der Waals surface area contributed by atoms with Gasteiger partial charge in [-0.25, -0.2) is 0 Å². The van der Waals surface area contributed by atoms with Gasteiger partial charge in [0.25, 0.3) is 0 Å². The van der Waals surface area contributed by atoms with Crippen LogP contribution in [0.5, 0.6) is 0 Å². The zero-order chi connectivity index (χ0) is 13.1. The first-order valence-corrected chi connectivity index (χ1v) is 8.70. The number of hydrogen-bond acceptors (Lipinski definition) is 4. The number of hydrogen-bond donors (Lipinski definition) is 1. The topological polar surface area (TPSA) is 39.7 Å². The summed E-state index contributed by atoms with van der Waals surface area (Å²) in [5, 5.41) is 3.31. The molecule has 0 radical (unpaired) electrons. The second kappa shape index (κ2) is 10.0. The Labute approximate surface area is 107 Å². The Morgan fingerprint density at radius 1 is 0.941 bits per heavy atom. The molecule has 1 N–H and O–H groups in total. The van der Waals surface area contributed by atoms with Crippen molar-refractivity contribution in [2.75, 3.05) is 26.9 Å². The minimum Gasteiger partial charge on any atom is -0.374 e. The Morgan fingerprint density at radius 2 is 1.41 bits per heavy atom. The molecule has 0 aliphatic carbocycles. The highest BCUT2D eigenvalue weighted by molar-refractivity contribution is 6.60. The first-order chi connectivity index (χ1) is 8.17. The van der Waals surface area contributed by atoms with Crippen molar-refractivity contribution in [2.45, 2.75) is 52.6 Å². The Kier molecular flexibility index (Phi) is 10.1. The predicted octanol–water partition coefficient (Wildman–Crippen LogP) is 2.42. The number of nitrogens with one attached hydrogen (secondary N) is 1. The minimum absolute atomic E-state index is 0.517. The average molecular weight is 263 g/mol. The molecule has 0 bridgehead atoms. The SMILES string of the molecule is CCO[Si](CCC(CC)NC)(OCC)OCC. The molecule has 104 valence electrons. The lowest BCUT2D eigenvalue weighted by atomic mass is 10.2. The summed E-state index contributed by atoms with van der Waals surface area (Å²) in [6.07, 6.45) is 2.16. The summed E-state index contributed by atoms with van der Waals surface area (Å²) >= 11 is 0. The van der Waals surface area contributed by atoms with E-state index in [2.05, 4.69) is 12.2 Å². The van der Waals surface area contributed by atoms with Crippen molar-refractivity contribution in [3.63, 3.8) is 0 Å². The van der Waals surface area contributed by atoms with Crippen LogP contribution in [0.25, 0.3) is 0 Å². The molecule has 0 aromatic carbocycles. The molecule has 0 rings (SSSR count). The van der Waals surface area contributed by atoms with E-state index < -0.39 is 8.80 Å². The fourth-order valence-corrected chi connectivity index (χ4v) is 4.61. The van der Waals surface area contributed by atoms with Crippen molar-refractivity contribution in [3.8, 4) is 0 Å². The van der Waals surface area contributed by atoms with Gasteiger partial charge in [0.15, 0.2) is 0 Å². The highest BCUT2D eigenvalue weighted by Crippen LogP contribution is 2.20. The summed E-state index contributed by atoms with van der Waals surface area (Å²) < 4.78 is 17.4. The highest BCUT2D eigenvalue weighted by atomic mass is 28.4. The molecular weight excluding hydrogens is 234 g/mol. The predicted molar refractivity (Wildman–Crippen MR) is 73.2 cm³/mol. The van der Waals surface area contributed by atoms with Gasteiger partial charge in [0, 0.05) is 31.9 Å². The van der Waals surface area contributed by atoms with Gasteiger partial charge in [-0.3, -0.25) is 0 Å². The maximum atomic E-state index is 5.82. The molecule has 0 saturated heterocycles. The maximum absolute atomic E-state index is 5.82. The second-order valence-corrected chi connectivity index (χ2v) is 6.65. The van der Waals surface area contributed by atoms with Crippen molar-refractivity contribution < 1.29 is 13.3 Å². The molecule has 0 aromatic heterocycles. The summed E-state index contributed by atoms with van der Waals surface area (Å²) in [6.45, 7) is 10.1. The fourth-order valence-electron chi connectivity index (χ4n) is 1.90. The first kappa shape index (κ1) is 17.1. The Bertz CT molecular complexity index is 160. The third-order valence-corrected chi connectivity index (χ3v) is 5.88. The van der Waals surface area contributed by atoms with E-state index in [-0.39, 0.29) is 0 Å². The molecule has 4 nitrogen and oxygen atoms in total. The maximum Gasteiger partial charge on any atom is 0.500 e. The molecule has 0 heterocycles. The molecule has 5 heteroatoms. The Morgan fingerprint density at radius 3 is 1.71 bits per heavy atom. The van der Waals surface area contributed by atoms with Crippen LogP contribution in [0.1, 0.15) is 40.5 Å². The molecule has 0 saturated carbocycles. The summed E-state index contributed by atoms with van der Waals surface area (Å²) in [5.74, 6) is 0. The van der Waals surface area contributed by atoms with Gasteiger partial charge < -0.3 is 18.6 Å². The molecule has 17 heavy (non-hydrogen) atoms. The summed E-state index contributed by atoms with van der Waals surface area (Å²) in [4.78, 5) is 0. The van der Waals surface area contributed by atoms with E-state index in [9.17, 15) is 0 Å². The monoisotopic (exact) mass is 263 g/mol. The van der Waals surface area contributed by atoms with Crippen molar-refractivity contribution in [2.24, 2.45) is 0 Å². The van der Waals surface area contributed by atoms with Crippen molar-refractivity contribution in [1.82, 2.24) is 5.32 Å². The van der Waals surface area contributed by atoms with Crippen LogP contribution >= 0.6 is 0 Å². The molecule has 1 unspecified atom stereocenters. The lowest BCUT2D eigenvalue weighted by Crippen LogP contribution is -2.47. The van der Waals surface area contributed by atoms with Crippen LogP contribution in [0.15, 0.2) is 0 Å². The van der Waals surface area contributed by atoms with Gasteiger partial charge in [-0.15, -0.1) is 0 Å². The molecule has 0 amide bonds. The fraction of sp³-hybridized carbons (Fsp3) is 1.00. The average Bonchev–Trinajstić information content (AvgIpc) is 2.31. The van der Waals surface area contributed by atoms with Gasteiger partial charge in [0.2, 0.25) is 0 Å². The standard InChI is InChI=1S/C12H29NO3Si/c1-6-12(13-5)10-11-17(14-7-2,15-8-3)16-9-4/h12-13H,6-11H2,1-5H3. The first-order valence-electron chi connectivity index (χ1n) is 6.77. The van der Waals surface area contributed by atoms with Crippen LogP contribution in [-0.2, 0) is 13.3 Å². The Hall–Kier alpha value is 0.0569. The molecule has 0 aliphatic rings. The van der Waals surface area contributed by atoms with E-state index in [4.69, 9.17) is 13.3 Å². The number of rotatable bonds is 11. The van der Waals surface area contributed by atoms with E-state index in [1.807, 2.05) is 27.8 Å². The van der Waals surface area contributed by atoms with Gasteiger partial charge in [-0.05, 0) is 40.7 Å². The van der Waals surface area contributed by atoms with Crippen LogP contribution < -0.4 is 5.32 Å². The van der Waals surface area contributed by atoms with Gasteiger partial charge in [-0.1, -0.05) is 6.92 Å². The second-order valence-electron chi connectivity index (χ2n) is 3.91. The van der Waals surface area contributed by atoms with Crippen LogP contribution in [-0.4, -0.2) is 41.7 Å². The van der Waals surface area contributed by atoms with Crippen molar-refractivity contribution in [1.29, 1.82) is 0 Å². The van der Waals surface area contributed by atoms with E-state index in [1.165, 1.54) is 0 Å². The van der Waals surface area contributed by atoms with Crippen LogP contribution in [0.4, 0.5) is 0 Å². The quantitative estimate of drug-likeness (QED) is 0.581. The summed E-state index contributed by atoms with van der Waals surface area (Å²) in [6, 6.07) is 1.41. The van der Waals surface area contributed by atoms with E-state index in [0.717, 1.165) is 18.9 Å². The molecule has 1 atom stereocenters. The van der Waals surface area contributed by atoms with Gasteiger partial charge in [-0.2, -0.15) is 0 Å².